The molecule has 26 heavy (non-hydrogen) atoms. The van der Waals surface area contributed by atoms with E-state index in [1.807, 2.05) is 25.1 Å². The van der Waals surface area contributed by atoms with Crippen LogP contribution in [0.4, 0.5) is 10.5 Å². The van der Waals surface area contributed by atoms with Crippen molar-refractivity contribution >= 4 is 34.9 Å². The van der Waals surface area contributed by atoms with Gasteiger partial charge in [0.15, 0.2) is 0 Å². The van der Waals surface area contributed by atoms with Crippen LogP contribution in [-0.4, -0.2) is 11.0 Å². The molecule has 0 spiro atoms. The molecule has 1 aromatic heterocycles. The Hall–Kier alpha value is -2.50. The number of benzene rings is 2. The fourth-order valence-corrected chi connectivity index (χ4v) is 2.76. The smallest absolute Gasteiger partial charge is 0.319 e. The molecule has 0 atom stereocenters. The third kappa shape index (κ3) is 4.36. The zero-order chi connectivity index (χ0) is 18.7. The number of hydrogen-bond donors (Lipinski definition) is 2. The van der Waals surface area contributed by atoms with Crippen molar-refractivity contribution in [2.24, 2.45) is 0 Å². The summed E-state index contributed by atoms with van der Waals surface area (Å²) in [6.45, 7) is 3.95. The van der Waals surface area contributed by atoms with Crippen LogP contribution in [-0.2, 0) is 6.54 Å². The van der Waals surface area contributed by atoms with Gasteiger partial charge in [-0.15, -0.1) is 0 Å². The Labute approximate surface area is 161 Å². The van der Waals surface area contributed by atoms with Crippen molar-refractivity contribution in [3.8, 4) is 11.5 Å². The SMILES string of the molecule is Cc1ccc(Cl)c(NC(=O)NCc2nc(-c3cccc(Cl)c3)oc2C)c1. The van der Waals surface area contributed by atoms with Gasteiger partial charge in [-0.25, -0.2) is 9.78 Å². The van der Waals surface area contributed by atoms with E-state index in [2.05, 4.69) is 15.6 Å². The normalized spacial score (nSPS) is 10.6. The average Bonchev–Trinajstić information content (AvgIpc) is 2.97. The number of rotatable bonds is 4. The Morgan fingerprint density at radius 3 is 2.73 bits per heavy atom. The number of halogens is 2. The molecule has 0 fully saturated rings. The molecule has 134 valence electrons. The number of aromatic nitrogens is 1. The molecule has 0 unspecified atom stereocenters. The summed E-state index contributed by atoms with van der Waals surface area (Å²) in [7, 11) is 0. The van der Waals surface area contributed by atoms with Crippen LogP contribution in [0, 0.1) is 13.8 Å². The molecule has 5 nitrogen and oxygen atoms in total. The highest BCUT2D eigenvalue weighted by atomic mass is 35.5. The van der Waals surface area contributed by atoms with E-state index in [-0.39, 0.29) is 12.6 Å². The van der Waals surface area contributed by atoms with E-state index in [4.69, 9.17) is 27.6 Å². The number of nitrogens with one attached hydrogen (secondary N) is 2. The molecule has 7 heteroatoms. The number of aryl methyl sites for hydroxylation is 2. The maximum Gasteiger partial charge on any atom is 0.319 e. The van der Waals surface area contributed by atoms with Crippen molar-refractivity contribution in [2.45, 2.75) is 20.4 Å². The first-order valence-corrected chi connectivity index (χ1v) is 8.71. The van der Waals surface area contributed by atoms with Gasteiger partial charge in [0, 0.05) is 10.6 Å². The van der Waals surface area contributed by atoms with Crippen LogP contribution < -0.4 is 10.6 Å². The van der Waals surface area contributed by atoms with Gasteiger partial charge in [-0.05, 0) is 49.7 Å². The number of carbonyl (C=O) groups excluding carboxylic acids is 1. The summed E-state index contributed by atoms with van der Waals surface area (Å²) in [6, 6.07) is 12.3. The van der Waals surface area contributed by atoms with Crippen molar-refractivity contribution in [3.05, 3.63) is 69.5 Å². The molecule has 0 saturated heterocycles. The topological polar surface area (TPSA) is 67.2 Å². The summed E-state index contributed by atoms with van der Waals surface area (Å²) >= 11 is 12.1. The van der Waals surface area contributed by atoms with Gasteiger partial charge in [0.1, 0.15) is 11.5 Å². The molecular formula is C19H17Cl2N3O2. The summed E-state index contributed by atoms with van der Waals surface area (Å²) in [4.78, 5) is 16.6. The van der Waals surface area contributed by atoms with Crippen LogP contribution in [0.25, 0.3) is 11.5 Å². The van der Waals surface area contributed by atoms with Gasteiger partial charge >= 0.3 is 6.03 Å². The number of hydrogen-bond acceptors (Lipinski definition) is 3. The number of nitrogens with zero attached hydrogens (tertiary/aromatic N) is 1. The standard InChI is InChI=1S/C19H17Cl2N3O2/c1-11-6-7-15(21)16(8-11)24-19(25)22-10-17-12(2)26-18(23-17)13-4-3-5-14(20)9-13/h3-9H,10H2,1-2H3,(H2,22,24,25). The van der Waals surface area contributed by atoms with Gasteiger partial charge in [0.05, 0.1) is 17.3 Å². The molecule has 2 amide bonds. The van der Waals surface area contributed by atoms with Crippen molar-refractivity contribution < 1.29 is 9.21 Å². The first-order chi connectivity index (χ1) is 12.4. The summed E-state index contributed by atoms with van der Waals surface area (Å²) < 4.78 is 5.68. The van der Waals surface area contributed by atoms with E-state index in [1.54, 1.807) is 31.2 Å². The third-order valence-electron chi connectivity index (χ3n) is 3.75. The van der Waals surface area contributed by atoms with Crippen LogP contribution >= 0.6 is 23.2 Å². The molecule has 0 radical (unpaired) electrons. The Bertz CT molecular complexity index is 954. The lowest BCUT2D eigenvalue weighted by molar-refractivity contribution is 0.251. The molecule has 0 aliphatic heterocycles. The first kappa shape index (κ1) is 18.3. The lowest BCUT2D eigenvalue weighted by Gasteiger charge is -2.09. The Balaban J connectivity index is 1.66. The lowest BCUT2D eigenvalue weighted by atomic mass is 10.2. The Morgan fingerprint density at radius 2 is 1.96 bits per heavy atom. The quantitative estimate of drug-likeness (QED) is 0.611. The van der Waals surface area contributed by atoms with E-state index >= 15 is 0 Å². The fourth-order valence-electron chi connectivity index (χ4n) is 2.40. The zero-order valence-electron chi connectivity index (χ0n) is 14.3. The average molecular weight is 390 g/mol. The summed E-state index contributed by atoms with van der Waals surface area (Å²) in [6.07, 6.45) is 0. The molecule has 0 aliphatic rings. The summed E-state index contributed by atoms with van der Waals surface area (Å²) in [5.41, 5.74) is 2.98. The van der Waals surface area contributed by atoms with Crippen molar-refractivity contribution in [3.63, 3.8) is 0 Å². The molecule has 0 saturated carbocycles. The van der Waals surface area contributed by atoms with Crippen molar-refractivity contribution in [1.29, 1.82) is 0 Å². The summed E-state index contributed by atoms with van der Waals surface area (Å²) in [5.74, 6) is 1.10. The lowest BCUT2D eigenvalue weighted by Crippen LogP contribution is -2.28. The number of carbonyl (C=O) groups is 1. The van der Waals surface area contributed by atoms with Crippen molar-refractivity contribution in [1.82, 2.24) is 10.3 Å². The Morgan fingerprint density at radius 1 is 1.15 bits per heavy atom. The van der Waals surface area contributed by atoms with Crippen LogP contribution in [0.3, 0.4) is 0 Å². The molecule has 0 aliphatic carbocycles. The van der Waals surface area contributed by atoms with Crippen LogP contribution in [0.2, 0.25) is 10.0 Å². The first-order valence-electron chi connectivity index (χ1n) is 7.95. The van der Waals surface area contributed by atoms with E-state index in [0.717, 1.165) is 11.1 Å². The molecule has 0 bridgehead atoms. The van der Waals surface area contributed by atoms with E-state index in [1.165, 1.54) is 0 Å². The molecule has 3 aromatic rings. The Kier molecular flexibility index (Phi) is 5.49. The predicted octanol–water partition coefficient (Wildman–Crippen LogP) is 5.59. The minimum absolute atomic E-state index is 0.227. The third-order valence-corrected chi connectivity index (χ3v) is 4.32. The second kappa shape index (κ2) is 7.81. The molecule has 1 heterocycles. The minimum Gasteiger partial charge on any atom is -0.441 e. The van der Waals surface area contributed by atoms with Gasteiger partial charge in [-0.1, -0.05) is 35.3 Å². The van der Waals surface area contributed by atoms with E-state index < -0.39 is 0 Å². The van der Waals surface area contributed by atoms with Crippen molar-refractivity contribution in [2.75, 3.05) is 5.32 Å². The van der Waals surface area contributed by atoms with Gasteiger partial charge in [-0.3, -0.25) is 0 Å². The minimum atomic E-state index is -0.371. The summed E-state index contributed by atoms with van der Waals surface area (Å²) in [5, 5.41) is 6.57. The zero-order valence-corrected chi connectivity index (χ0v) is 15.8. The van der Waals surface area contributed by atoms with Gasteiger partial charge in [0.25, 0.3) is 0 Å². The van der Waals surface area contributed by atoms with Gasteiger partial charge in [-0.2, -0.15) is 0 Å². The largest absolute Gasteiger partial charge is 0.441 e. The number of anilines is 1. The van der Waals surface area contributed by atoms with Gasteiger partial charge < -0.3 is 15.1 Å². The maximum atomic E-state index is 12.1. The number of amides is 2. The monoisotopic (exact) mass is 389 g/mol. The predicted molar refractivity (Wildman–Crippen MR) is 104 cm³/mol. The fraction of sp³-hybridized carbons (Fsp3) is 0.158. The molecular weight excluding hydrogens is 373 g/mol. The second-order valence-corrected chi connectivity index (χ2v) is 6.67. The van der Waals surface area contributed by atoms with Crippen LogP contribution in [0.15, 0.2) is 46.9 Å². The molecule has 3 rings (SSSR count). The van der Waals surface area contributed by atoms with Crippen LogP contribution in [0.5, 0.6) is 0 Å². The van der Waals surface area contributed by atoms with Gasteiger partial charge in [0.2, 0.25) is 5.89 Å². The van der Waals surface area contributed by atoms with Crippen LogP contribution in [0.1, 0.15) is 17.0 Å². The highest BCUT2D eigenvalue weighted by Gasteiger charge is 2.13. The molecule has 2 N–H and O–H groups in total. The molecule has 2 aromatic carbocycles. The highest BCUT2D eigenvalue weighted by molar-refractivity contribution is 6.33. The second-order valence-electron chi connectivity index (χ2n) is 5.82. The number of oxazole rings is 1. The van der Waals surface area contributed by atoms with E-state index in [0.29, 0.717) is 33.1 Å². The highest BCUT2D eigenvalue weighted by Crippen LogP contribution is 2.25. The number of urea groups is 1. The maximum absolute atomic E-state index is 12.1. The van der Waals surface area contributed by atoms with E-state index in [9.17, 15) is 4.79 Å².